The molecule has 1 aromatic heterocycles. The third kappa shape index (κ3) is 5.11. The number of hydrogen-bond acceptors (Lipinski definition) is 4. The van der Waals surface area contributed by atoms with Crippen LogP contribution in [0.3, 0.4) is 0 Å². The molecule has 0 unspecified atom stereocenters. The zero-order valence-corrected chi connectivity index (χ0v) is 14.6. The van der Waals surface area contributed by atoms with Crippen molar-refractivity contribution in [2.24, 2.45) is 0 Å². The van der Waals surface area contributed by atoms with Crippen LogP contribution in [0, 0.1) is 6.92 Å². The summed E-state index contributed by atoms with van der Waals surface area (Å²) in [6.45, 7) is 3.87. The van der Waals surface area contributed by atoms with Crippen molar-refractivity contribution in [2.75, 3.05) is 11.1 Å². The van der Waals surface area contributed by atoms with E-state index in [2.05, 4.69) is 15.3 Å². The lowest BCUT2D eigenvalue weighted by atomic mass is 10.2. The van der Waals surface area contributed by atoms with E-state index in [1.54, 1.807) is 18.2 Å². The average Bonchev–Trinajstić information content (AvgIpc) is 2.50. The summed E-state index contributed by atoms with van der Waals surface area (Å²) in [5, 5.41) is 3.87. The summed E-state index contributed by atoms with van der Waals surface area (Å²) in [5.74, 6) is -0.0197. The number of carbonyl (C=O) groups is 1. The molecular weight excluding hydrogens is 334 g/mol. The van der Waals surface area contributed by atoms with Crippen molar-refractivity contribution in [2.45, 2.75) is 31.8 Å². The predicted octanol–water partition coefficient (Wildman–Crippen LogP) is 3.42. The van der Waals surface area contributed by atoms with E-state index in [1.807, 2.05) is 13.8 Å². The molecule has 1 aromatic carbocycles. The third-order valence-electron chi connectivity index (χ3n) is 3.16. The summed E-state index contributed by atoms with van der Waals surface area (Å²) < 4.78 is 0. The van der Waals surface area contributed by atoms with Gasteiger partial charge in [0.05, 0.1) is 5.75 Å². The molecule has 1 amide bonds. The van der Waals surface area contributed by atoms with E-state index < -0.39 is 0 Å². The van der Waals surface area contributed by atoms with Gasteiger partial charge in [0.25, 0.3) is 5.56 Å². The molecule has 0 fully saturated rings. The van der Waals surface area contributed by atoms with Gasteiger partial charge in [0.15, 0.2) is 5.16 Å². The van der Waals surface area contributed by atoms with Crippen molar-refractivity contribution in [1.29, 1.82) is 0 Å². The van der Waals surface area contributed by atoms with Gasteiger partial charge in [-0.15, -0.1) is 0 Å². The van der Waals surface area contributed by atoms with E-state index in [0.29, 0.717) is 15.9 Å². The summed E-state index contributed by atoms with van der Waals surface area (Å²) >= 11 is 7.23. The van der Waals surface area contributed by atoms with Crippen LogP contribution in [-0.2, 0) is 11.2 Å². The maximum absolute atomic E-state index is 12.1. The van der Waals surface area contributed by atoms with Gasteiger partial charge in [0.2, 0.25) is 5.91 Å². The van der Waals surface area contributed by atoms with Crippen LogP contribution in [0.15, 0.2) is 34.2 Å². The van der Waals surface area contributed by atoms with Gasteiger partial charge in [-0.05, 0) is 31.0 Å². The Balaban J connectivity index is 1.99. The Labute approximate surface area is 143 Å². The zero-order chi connectivity index (χ0) is 16.8. The highest BCUT2D eigenvalue weighted by Gasteiger charge is 2.09. The Bertz CT molecular complexity index is 761. The number of hydrogen-bond donors (Lipinski definition) is 2. The SMILES string of the molecule is CCCc1cc(=O)[nH]c(SCC(=O)Nc2cccc(Cl)c2C)n1. The van der Waals surface area contributed by atoms with Gasteiger partial charge in [-0.1, -0.05) is 42.8 Å². The molecule has 7 heteroatoms. The van der Waals surface area contributed by atoms with Gasteiger partial charge in [0.1, 0.15) is 0 Å². The lowest BCUT2D eigenvalue weighted by Crippen LogP contribution is -2.16. The number of aromatic nitrogens is 2. The Morgan fingerprint density at radius 1 is 1.43 bits per heavy atom. The molecule has 0 aliphatic carbocycles. The van der Waals surface area contributed by atoms with E-state index in [-0.39, 0.29) is 17.2 Å². The topological polar surface area (TPSA) is 74.8 Å². The fourth-order valence-corrected chi connectivity index (χ4v) is 2.87. The number of thioether (sulfide) groups is 1. The number of benzene rings is 1. The Hall–Kier alpha value is -1.79. The van der Waals surface area contributed by atoms with Crippen molar-refractivity contribution in [1.82, 2.24) is 9.97 Å². The van der Waals surface area contributed by atoms with Crippen LogP contribution < -0.4 is 10.9 Å². The van der Waals surface area contributed by atoms with Gasteiger partial charge in [-0.3, -0.25) is 9.59 Å². The van der Waals surface area contributed by atoms with E-state index >= 15 is 0 Å². The smallest absolute Gasteiger partial charge is 0.251 e. The fourth-order valence-electron chi connectivity index (χ4n) is 2.00. The molecule has 0 saturated heterocycles. The van der Waals surface area contributed by atoms with Crippen LogP contribution in [0.25, 0.3) is 0 Å². The highest BCUT2D eigenvalue weighted by Crippen LogP contribution is 2.23. The minimum atomic E-state index is -0.197. The molecule has 1 heterocycles. The van der Waals surface area contributed by atoms with Gasteiger partial charge in [-0.2, -0.15) is 0 Å². The van der Waals surface area contributed by atoms with Crippen molar-refractivity contribution in [3.05, 3.63) is 50.9 Å². The Kier molecular flexibility index (Phi) is 6.24. The molecule has 0 radical (unpaired) electrons. The first kappa shape index (κ1) is 17.6. The standard InChI is InChI=1S/C16H18ClN3O2S/c1-3-5-11-8-14(21)20-16(18-11)23-9-15(22)19-13-7-4-6-12(17)10(13)2/h4,6-8H,3,5,9H2,1-2H3,(H,19,22)(H,18,20,21). The second-order valence-corrected chi connectivity index (χ2v) is 6.41. The second kappa shape index (κ2) is 8.17. The van der Waals surface area contributed by atoms with Crippen LogP contribution in [0.4, 0.5) is 5.69 Å². The number of aromatic amines is 1. The highest BCUT2D eigenvalue weighted by molar-refractivity contribution is 7.99. The van der Waals surface area contributed by atoms with Crippen molar-refractivity contribution in [3.8, 4) is 0 Å². The number of amides is 1. The van der Waals surface area contributed by atoms with Gasteiger partial charge in [-0.25, -0.2) is 4.98 Å². The summed E-state index contributed by atoms with van der Waals surface area (Å²) in [6, 6.07) is 6.84. The number of halogens is 1. The zero-order valence-electron chi connectivity index (χ0n) is 13.0. The van der Waals surface area contributed by atoms with Crippen molar-refractivity contribution in [3.63, 3.8) is 0 Å². The van der Waals surface area contributed by atoms with Gasteiger partial charge >= 0.3 is 0 Å². The summed E-state index contributed by atoms with van der Waals surface area (Å²) in [7, 11) is 0. The van der Waals surface area contributed by atoms with Gasteiger partial charge in [0, 0.05) is 22.5 Å². The average molecular weight is 352 g/mol. The molecule has 122 valence electrons. The number of anilines is 1. The quantitative estimate of drug-likeness (QED) is 0.617. The molecule has 0 bridgehead atoms. The second-order valence-electron chi connectivity index (χ2n) is 5.04. The van der Waals surface area contributed by atoms with E-state index in [4.69, 9.17) is 11.6 Å². The Morgan fingerprint density at radius 2 is 2.22 bits per heavy atom. The van der Waals surface area contributed by atoms with E-state index in [9.17, 15) is 9.59 Å². The maximum Gasteiger partial charge on any atom is 0.251 e. The summed E-state index contributed by atoms with van der Waals surface area (Å²) in [5.41, 5.74) is 2.05. The molecule has 2 rings (SSSR count). The summed E-state index contributed by atoms with van der Waals surface area (Å²) in [6.07, 6.45) is 1.65. The minimum Gasteiger partial charge on any atom is -0.325 e. The first-order chi connectivity index (χ1) is 11.0. The molecule has 2 aromatic rings. The van der Waals surface area contributed by atoms with Crippen LogP contribution in [0.5, 0.6) is 0 Å². The number of H-pyrrole nitrogens is 1. The van der Waals surface area contributed by atoms with E-state index in [1.165, 1.54) is 17.8 Å². The molecule has 0 saturated carbocycles. The number of carbonyl (C=O) groups excluding carboxylic acids is 1. The Morgan fingerprint density at radius 3 is 2.96 bits per heavy atom. The first-order valence-electron chi connectivity index (χ1n) is 7.27. The molecule has 0 aliphatic heterocycles. The molecule has 0 atom stereocenters. The third-order valence-corrected chi connectivity index (χ3v) is 4.44. The number of rotatable bonds is 6. The van der Waals surface area contributed by atoms with Crippen LogP contribution >= 0.6 is 23.4 Å². The monoisotopic (exact) mass is 351 g/mol. The molecular formula is C16H18ClN3O2S. The number of nitrogens with one attached hydrogen (secondary N) is 2. The molecule has 2 N–H and O–H groups in total. The molecule has 23 heavy (non-hydrogen) atoms. The van der Waals surface area contributed by atoms with Crippen molar-refractivity contribution >= 4 is 35.0 Å². The summed E-state index contributed by atoms with van der Waals surface area (Å²) in [4.78, 5) is 30.6. The molecule has 0 spiro atoms. The molecule has 0 aliphatic rings. The minimum absolute atomic E-state index is 0.157. The lowest BCUT2D eigenvalue weighted by molar-refractivity contribution is -0.113. The lowest BCUT2D eigenvalue weighted by Gasteiger charge is -2.09. The van der Waals surface area contributed by atoms with Crippen LogP contribution in [-0.4, -0.2) is 21.6 Å². The van der Waals surface area contributed by atoms with E-state index in [0.717, 1.165) is 24.1 Å². The fraction of sp³-hybridized carbons (Fsp3) is 0.312. The largest absolute Gasteiger partial charge is 0.325 e. The normalized spacial score (nSPS) is 10.6. The first-order valence-corrected chi connectivity index (χ1v) is 8.64. The van der Waals surface area contributed by atoms with Gasteiger partial charge < -0.3 is 10.3 Å². The predicted molar refractivity (Wildman–Crippen MR) is 94.4 cm³/mol. The number of aryl methyl sites for hydroxylation is 1. The molecule has 5 nitrogen and oxygen atoms in total. The van der Waals surface area contributed by atoms with Crippen LogP contribution in [0.2, 0.25) is 5.02 Å². The highest BCUT2D eigenvalue weighted by atomic mass is 35.5. The van der Waals surface area contributed by atoms with Crippen LogP contribution in [0.1, 0.15) is 24.6 Å². The number of nitrogens with zero attached hydrogens (tertiary/aromatic N) is 1. The maximum atomic E-state index is 12.1. The van der Waals surface area contributed by atoms with Crippen molar-refractivity contribution < 1.29 is 4.79 Å².